The number of aromatic nitrogens is 1. The van der Waals surface area contributed by atoms with Crippen LogP contribution < -0.4 is 19.5 Å². The van der Waals surface area contributed by atoms with Gasteiger partial charge in [0.1, 0.15) is 31.1 Å². The first-order valence-electron chi connectivity index (χ1n) is 13.0. The number of amides is 2. The van der Waals surface area contributed by atoms with Gasteiger partial charge in [-0.15, -0.1) is 0 Å². The fourth-order valence-corrected chi connectivity index (χ4v) is 4.25. The van der Waals surface area contributed by atoms with Crippen molar-refractivity contribution in [2.24, 2.45) is 0 Å². The molecule has 1 N–H and O–H groups in total. The third-order valence-corrected chi connectivity index (χ3v) is 6.09. The van der Waals surface area contributed by atoms with E-state index < -0.39 is 16.9 Å². The molecule has 0 saturated carbocycles. The van der Waals surface area contributed by atoms with Gasteiger partial charge < -0.3 is 19.7 Å². The number of ether oxygens (including phenoxy) is 2. The summed E-state index contributed by atoms with van der Waals surface area (Å²) in [5, 5.41) is 16.2. The number of nitrogens with one attached hydrogen (secondary N) is 1. The van der Waals surface area contributed by atoms with Gasteiger partial charge in [0.25, 0.3) is 5.91 Å². The summed E-state index contributed by atoms with van der Waals surface area (Å²) in [4.78, 5) is 38.2. The van der Waals surface area contributed by atoms with Gasteiger partial charge in [-0.05, 0) is 23.6 Å². The highest BCUT2D eigenvalue weighted by molar-refractivity contribution is 6.06. The second kappa shape index (κ2) is 13.7. The number of nitro groups is 1. The molecule has 4 rings (SSSR count). The molecule has 10 nitrogen and oxygen atoms in total. The number of alkyl carbamates (subject to hydrolysis) is 1. The number of hydrogen-bond donors (Lipinski definition) is 1. The SMILES string of the molecule is CCC[n+]1cc(C(=O)N(CCOC(=O)NCCOc2cccc3ccccc23)c2ccccc2)cc([N+](=O)[O-])c1. The van der Waals surface area contributed by atoms with Crippen LogP contribution in [0.2, 0.25) is 0 Å². The Morgan fingerprint density at radius 3 is 2.50 bits per heavy atom. The van der Waals surface area contributed by atoms with Gasteiger partial charge in [0, 0.05) is 23.6 Å². The zero-order valence-electron chi connectivity index (χ0n) is 22.2. The van der Waals surface area contributed by atoms with Gasteiger partial charge in [-0.1, -0.05) is 61.5 Å². The van der Waals surface area contributed by atoms with E-state index in [-0.39, 0.29) is 37.6 Å². The summed E-state index contributed by atoms with van der Waals surface area (Å²) < 4.78 is 12.8. The van der Waals surface area contributed by atoms with E-state index in [2.05, 4.69) is 5.32 Å². The molecule has 0 atom stereocenters. The van der Waals surface area contributed by atoms with E-state index in [4.69, 9.17) is 9.47 Å². The number of rotatable bonds is 12. The Morgan fingerprint density at radius 2 is 1.73 bits per heavy atom. The molecule has 1 aromatic heterocycles. The molecular weight excluding hydrogens is 512 g/mol. The van der Waals surface area contributed by atoms with Gasteiger partial charge in [0.15, 0.2) is 6.20 Å². The number of hydrogen-bond acceptors (Lipinski definition) is 6. The first kappa shape index (κ1) is 28.0. The van der Waals surface area contributed by atoms with Crippen molar-refractivity contribution in [2.75, 3.05) is 31.2 Å². The van der Waals surface area contributed by atoms with Crippen LogP contribution in [-0.4, -0.2) is 43.2 Å². The normalized spacial score (nSPS) is 10.6. The zero-order valence-corrected chi connectivity index (χ0v) is 22.2. The number of carbonyl (C=O) groups excluding carboxylic acids is 2. The van der Waals surface area contributed by atoms with Gasteiger partial charge in [0.05, 0.1) is 18.0 Å². The largest absolute Gasteiger partial charge is 0.491 e. The van der Waals surface area contributed by atoms with Gasteiger partial charge >= 0.3 is 11.8 Å². The van der Waals surface area contributed by atoms with E-state index in [1.54, 1.807) is 35.0 Å². The number of nitrogens with zero attached hydrogens (tertiary/aromatic N) is 3. The van der Waals surface area contributed by atoms with Gasteiger partial charge in [-0.2, -0.15) is 4.57 Å². The van der Waals surface area contributed by atoms with Gasteiger partial charge in [-0.25, -0.2) is 4.79 Å². The average molecular weight is 544 g/mol. The lowest BCUT2D eigenvalue weighted by Gasteiger charge is -2.22. The number of aryl methyl sites for hydroxylation is 1. The molecule has 10 heteroatoms. The molecule has 0 bridgehead atoms. The number of pyridine rings is 1. The summed E-state index contributed by atoms with van der Waals surface area (Å²) in [6.07, 6.45) is 3.11. The second-order valence-electron chi connectivity index (χ2n) is 8.96. The van der Waals surface area contributed by atoms with Gasteiger partial charge in [-0.3, -0.25) is 14.9 Å². The number of anilines is 1. The molecule has 0 spiro atoms. The van der Waals surface area contributed by atoms with Crippen LogP contribution in [0.25, 0.3) is 10.8 Å². The highest BCUT2D eigenvalue weighted by atomic mass is 16.6. The van der Waals surface area contributed by atoms with Crippen LogP contribution in [0, 0.1) is 10.1 Å². The number of carbonyl (C=O) groups is 2. The van der Waals surface area contributed by atoms with Crippen molar-refractivity contribution >= 4 is 34.1 Å². The first-order chi connectivity index (χ1) is 19.5. The third kappa shape index (κ3) is 7.31. The molecule has 1 heterocycles. The van der Waals surface area contributed by atoms with Gasteiger partial charge in [0.2, 0.25) is 6.20 Å². The van der Waals surface area contributed by atoms with Crippen LogP contribution in [0.5, 0.6) is 5.75 Å². The predicted octanol–water partition coefficient (Wildman–Crippen LogP) is 4.90. The van der Waals surface area contributed by atoms with Crippen molar-refractivity contribution in [1.82, 2.24) is 5.32 Å². The molecular formula is C30H31N4O6+. The van der Waals surface area contributed by atoms with E-state index in [0.29, 0.717) is 12.2 Å². The van der Waals surface area contributed by atoms with E-state index in [1.165, 1.54) is 17.2 Å². The number of fused-ring (bicyclic) bond motifs is 1. The molecule has 0 saturated heterocycles. The summed E-state index contributed by atoms with van der Waals surface area (Å²) in [5.74, 6) is 0.291. The summed E-state index contributed by atoms with van der Waals surface area (Å²) in [6.45, 7) is 2.93. The maximum Gasteiger partial charge on any atom is 0.407 e. The number of para-hydroxylation sites is 1. The second-order valence-corrected chi connectivity index (χ2v) is 8.96. The Morgan fingerprint density at radius 1 is 0.975 bits per heavy atom. The fraction of sp³-hybridized carbons (Fsp3) is 0.233. The highest BCUT2D eigenvalue weighted by Crippen LogP contribution is 2.25. The quantitative estimate of drug-likeness (QED) is 0.118. The van der Waals surface area contributed by atoms with E-state index in [9.17, 15) is 19.7 Å². The summed E-state index contributed by atoms with van der Waals surface area (Å²) in [5.41, 5.74) is 0.573. The Hall–Kier alpha value is -4.99. The Kier molecular flexibility index (Phi) is 9.60. The van der Waals surface area contributed by atoms with Crippen LogP contribution in [0.1, 0.15) is 23.7 Å². The molecule has 0 aliphatic heterocycles. The topological polar surface area (TPSA) is 115 Å². The predicted molar refractivity (Wildman–Crippen MR) is 150 cm³/mol. The molecule has 0 aliphatic carbocycles. The summed E-state index contributed by atoms with van der Waals surface area (Å²) in [6, 6.07) is 23.8. The highest BCUT2D eigenvalue weighted by Gasteiger charge is 2.25. The van der Waals surface area contributed by atoms with Crippen LogP contribution >= 0.6 is 0 Å². The zero-order chi connectivity index (χ0) is 28.3. The van der Waals surface area contributed by atoms with Crippen LogP contribution in [0.15, 0.2) is 91.3 Å². The molecule has 0 unspecified atom stereocenters. The minimum atomic E-state index is -0.641. The summed E-state index contributed by atoms with van der Waals surface area (Å²) in [7, 11) is 0. The lowest BCUT2D eigenvalue weighted by atomic mass is 10.1. The van der Waals surface area contributed by atoms with Crippen molar-refractivity contribution < 1.29 is 28.6 Å². The monoisotopic (exact) mass is 543 g/mol. The van der Waals surface area contributed by atoms with Crippen LogP contribution in [-0.2, 0) is 11.3 Å². The molecule has 4 aromatic rings. The molecule has 0 radical (unpaired) electrons. The van der Waals surface area contributed by atoms with Crippen molar-refractivity contribution in [3.05, 3.63) is 107 Å². The maximum atomic E-state index is 13.5. The molecule has 40 heavy (non-hydrogen) atoms. The third-order valence-electron chi connectivity index (χ3n) is 6.09. The Labute approximate surface area is 231 Å². The van der Waals surface area contributed by atoms with Crippen molar-refractivity contribution in [3.63, 3.8) is 0 Å². The molecule has 0 fully saturated rings. The average Bonchev–Trinajstić information content (AvgIpc) is 2.97. The molecule has 0 aliphatic rings. The van der Waals surface area contributed by atoms with E-state index >= 15 is 0 Å². The molecule has 206 valence electrons. The van der Waals surface area contributed by atoms with Crippen LogP contribution in [0.4, 0.5) is 16.2 Å². The lowest BCUT2D eigenvalue weighted by molar-refractivity contribution is -0.699. The van der Waals surface area contributed by atoms with Crippen molar-refractivity contribution in [2.45, 2.75) is 19.9 Å². The standard InChI is InChI=1S/C30H30N4O6/c1-2-16-32-21-24(20-26(22-32)34(37)38)29(35)33(25-11-4-3-5-12-25)17-19-40-30(36)31-15-18-39-28-14-8-10-23-9-6-7-13-27(23)28/h3-14,20-22H,2,15-19H2,1H3/p+1. The smallest absolute Gasteiger partial charge is 0.407 e. The number of benzene rings is 3. The van der Waals surface area contributed by atoms with Crippen molar-refractivity contribution in [3.8, 4) is 5.75 Å². The molecule has 2 amide bonds. The fourth-order valence-electron chi connectivity index (χ4n) is 4.25. The Balaban J connectivity index is 1.34. The lowest BCUT2D eigenvalue weighted by Crippen LogP contribution is -2.39. The van der Waals surface area contributed by atoms with E-state index in [0.717, 1.165) is 22.9 Å². The van der Waals surface area contributed by atoms with E-state index in [1.807, 2.05) is 55.5 Å². The van der Waals surface area contributed by atoms with Crippen LogP contribution in [0.3, 0.4) is 0 Å². The van der Waals surface area contributed by atoms with Crippen molar-refractivity contribution in [1.29, 1.82) is 0 Å². The molecule has 3 aromatic carbocycles. The first-order valence-corrected chi connectivity index (χ1v) is 13.0. The minimum Gasteiger partial charge on any atom is -0.491 e. The maximum absolute atomic E-state index is 13.5. The minimum absolute atomic E-state index is 0.0548. The Bertz CT molecular complexity index is 1470. The summed E-state index contributed by atoms with van der Waals surface area (Å²) >= 11 is 0.